The summed E-state index contributed by atoms with van der Waals surface area (Å²) in [5.41, 5.74) is 6.12. The minimum atomic E-state index is -3.58. The topological polar surface area (TPSA) is 63.4 Å². The molecule has 0 bridgehead atoms. The standard InChI is InChI=1S/C12H16Br2N2O2S/c1-7(8-3-4-8)16(2)19(17,18)12-10(14)5-9(13)6-11(12)15/h5-8H,3-4,15H2,1-2H3. The maximum Gasteiger partial charge on any atom is 0.246 e. The van der Waals surface area contributed by atoms with Gasteiger partial charge in [-0.05, 0) is 53.7 Å². The van der Waals surface area contributed by atoms with Crippen LogP contribution in [0.25, 0.3) is 0 Å². The molecule has 1 aromatic rings. The van der Waals surface area contributed by atoms with Crippen molar-refractivity contribution < 1.29 is 8.42 Å². The van der Waals surface area contributed by atoms with Crippen LogP contribution in [-0.2, 0) is 10.0 Å². The lowest BCUT2D eigenvalue weighted by Gasteiger charge is -2.25. The van der Waals surface area contributed by atoms with Crippen molar-refractivity contribution in [1.29, 1.82) is 0 Å². The molecule has 2 rings (SSSR count). The smallest absolute Gasteiger partial charge is 0.246 e. The lowest BCUT2D eigenvalue weighted by atomic mass is 10.2. The molecule has 0 spiro atoms. The Kier molecular flexibility index (Phi) is 4.30. The van der Waals surface area contributed by atoms with Gasteiger partial charge in [0.1, 0.15) is 4.90 Å². The van der Waals surface area contributed by atoms with Crippen LogP contribution in [0.1, 0.15) is 19.8 Å². The highest BCUT2D eigenvalue weighted by atomic mass is 79.9. The van der Waals surface area contributed by atoms with Crippen LogP contribution in [0.4, 0.5) is 5.69 Å². The number of nitrogen functional groups attached to an aromatic ring is 1. The summed E-state index contributed by atoms with van der Waals surface area (Å²) in [6, 6.07) is 3.30. The minimum absolute atomic E-state index is 0.0000492. The molecular weight excluding hydrogens is 396 g/mol. The average molecular weight is 412 g/mol. The monoisotopic (exact) mass is 410 g/mol. The molecule has 1 fully saturated rings. The highest BCUT2D eigenvalue weighted by molar-refractivity contribution is 9.11. The summed E-state index contributed by atoms with van der Waals surface area (Å²) in [6.45, 7) is 1.94. The molecule has 1 aromatic carbocycles. The van der Waals surface area contributed by atoms with Crippen LogP contribution < -0.4 is 5.73 Å². The third-order valence-electron chi connectivity index (χ3n) is 3.55. The fourth-order valence-electron chi connectivity index (χ4n) is 2.09. The third kappa shape index (κ3) is 2.99. The molecule has 0 heterocycles. The second-order valence-corrected chi connectivity index (χ2v) is 8.61. The van der Waals surface area contributed by atoms with Gasteiger partial charge in [-0.25, -0.2) is 8.42 Å². The molecule has 1 aliphatic carbocycles. The predicted octanol–water partition coefficient (Wildman–Crippen LogP) is 3.21. The van der Waals surface area contributed by atoms with E-state index in [-0.39, 0.29) is 16.6 Å². The zero-order valence-electron chi connectivity index (χ0n) is 10.7. The van der Waals surface area contributed by atoms with Gasteiger partial charge in [-0.3, -0.25) is 0 Å². The number of rotatable bonds is 4. The van der Waals surface area contributed by atoms with Crippen LogP contribution in [0.15, 0.2) is 26.0 Å². The Balaban J connectivity index is 2.44. The van der Waals surface area contributed by atoms with Crippen molar-refractivity contribution in [3.05, 3.63) is 21.1 Å². The van der Waals surface area contributed by atoms with Crippen LogP contribution in [0.2, 0.25) is 0 Å². The van der Waals surface area contributed by atoms with Crippen molar-refractivity contribution in [2.75, 3.05) is 12.8 Å². The number of anilines is 1. The van der Waals surface area contributed by atoms with Crippen LogP contribution in [0.5, 0.6) is 0 Å². The summed E-state index contributed by atoms with van der Waals surface area (Å²) < 4.78 is 28.0. The molecule has 1 aliphatic rings. The minimum Gasteiger partial charge on any atom is -0.398 e. The highest BCUT2D eigenvalue weighted by Crippen LogP contribution is 2.39. The maximum absolute atomic E-state index is 12.7. The Morgan fingerprint density at radius 3 is 2.42 bits per heavy atom. The second kappa shape index (κ2) is 5.35. The van der Waals surface area contributed by atoms with Crippen LogP contribution in [0, 0.1) is 5.92 Å². The van der Waals surface area contributed by atoms with Crippen molar-refractivity contribution in [2.45, 2.75) is 30.7 Å². The lowest BCUT2D eigenvalue weighted by Crippen LogP contribution is -2.36. The molecule has 1 saturated carbocycles. The normalized spacial score (nSPS) is 17.7. The van der Waals surface area contributed by atoms with E-state index in [1.165, 1.54) is 4.31 Å². The SMILES string of the molecule is CC(C1CC1)N(C)S(=O)(=O)c1c(N)cc(Br)cc1Br. The number of hydrogen-bond acceptors (Lipinski definition) is 3. The number of halogens is 2. The van der Waals surface area contributed by atoms with Gasteiger partial charge in [0, 0.05) is 22.0 Å². The van der Waals surface area contributed by atoms with Crippen LogP contribution in [0.3, 0.4) is 0 Å². The van der Waals surface area contributed by atoms with Crippen LogP contribution >= 0.6 is 31.9 Å². The van der Waals surface area contributed by atoms with Gasteiger partial charge in [0.2, 0.25) is 10.0 Å². The first-order valence-corrected chi connectivity index (χ1v) is 9.00. The molecule has 0 saturated heterocycles. The maximum atomic E-state index is 12.7. The van der Waals surface area contributed by atoms with E-state index in [9.17, 15) is 8.42 Å². The molecule has 0 aliphatic heterocycles. The summed E-state index contributed by atoms with van der Waals surface area (Å²) in [6.07, 6.45) is 2.19. The fraction of sp³-hybridized carbons (Fsp3) is 0.500. The Hall–Kier alpha value is -0.110. The number of benzene rings is 1. The van der Waals surface area contributed by atoms with Crippen molar-refractivity contribution in [1.82, 2.24) is 4.31 Å². The number of sulfonamides is 1. The summed E-state index contributed by atoms with van der Waals surface area (Å²) >= 11 is 6.58. The molecule has 106 valence electrons. The van der Waals surface area contributed by atoms with Crippen molar-refractivity contribution in [3.8, 4) is 0 Å². The molecule has 0 radical (unpaired) electrons. The Labute approximate surface area is 130 Å². The fourth-order valence-corrected chi connectivity index (χ4v) is 5.52. The third-order valence-corrected chi connectivity index (χ3v) is 6.96. The van der Waals surface area contributed by atoms with Crippen molar-refractivity contribution >= 4 is 47.6 Å². The van der Waals surface area contributed by atoms with E-state index < -0.39 is 10.0 Å². The predicted molar refractivity (Wildman–Crippen MR) is 83.4 cm³/mol. The molecule has 1 atom stereocenters. The molecule has 0 aromatic heterocycles. The molecule has 0 amide bonds. The first kappa shape index (κ1) is 15.3. The first-order valence-electron chi connectivity index (χ1n) is 5.97. The van der Waals surface area contributed by atoms with E-state index in [0.717, 1.165) is 17.3 Å². The summed E-state index contributed by atoms with van der Waals surface area (Å²) in [5, 5.41) is 0. The van der Waals surface area contributed by atoms with E-state index in [1.807, 2.05) is 6.92 Å². The zero-order valence-corrected chi connectivity index (χ0v) is 14.7. The Morgan fingerprint density at radius 1 is 1.37 bits per heavy atom. The van der Waals surface area contributed by atoms with E-state index in [0.29, 0.717) is 10.4 Å². The molecule has 19 heavy (non-hydrogen) atoms. The lowest BCUT2D eigenvalue weighted by molar-refractivity contribution is 0.357. The second-order valence-electron chi connectivity index (χ2n) is 4.91. The first-order chi connectivity index (χ1) is 8.75. The number of hydrogen-bond donors (Lipinski definition) is 1. The van der Waals surface area contributed by atoms with Gasteiger partial charge in [0.15, 0.2) is 0 Å². The average Bonchev–Trinajstić information content (AvgIpc) is 3.08. The van der Waals surface area contributed by atoms with Gasteiger partial charge < -0.3 is 5.73 Å². The number of nitrogens with zero attached hydrogens (tertiary/aromatic N) is 1. The van der Waals surface area contributed by atoms with Crippen molar-refractivity contribution in [2.24, 2.45) is 5.92 Å². The van der Waals surface area contributed by atoms with Gasteiger partial charge in [-0.1, -0.05) is 15.9 Å². The van der Waals surface area contributed by atoms with E-state index >= 15 is 0 Å². The summed E-state index contributed by atoms with van der Waals surface area (Å²) in [4.78, 5) is 0.144. The van der Waals surface area contributed by atoms with Gasteiger partial charge >= 0.3 is 0 Å². The van der Waals surface area contributed by atoms with Crippen LogP contribution in [-0.4, -0.2) is 25.8 Å². The summed E-state index contributed by atoms with van der Waals surface area (Å²) in [7, 11) is -1.96. The Morgan fingerprint density at radius 2 is 1.95 bits per heavy atom. The number of nitrogens with two attached hydrogens (primary N) is 1. The van der Waals surface area contributed by atoms with Gasteiger partial charge in [-0.2, -0.15) is 4.31 Å². The molecule has 2 N–H and O–H groups in total. The van der Waals surface area contributed by atoms with E-state index in [4.69, 9.17) is 5.73 Å². The van der Waals surface area contributed by atoms with Gasteiger partial charge in [-0.15, -0.1) is 0 Å². The van der Waals surface area contributed by atoms with Crippen molar-refractivity contribution in [3.63, 3.8) is 0 Å². The zero-order chi connectivity index (χ0) is 14.4. The largest absolute Gasteiger partial charge is 0.398 e. The molecule has 7 heteroatoms. The van der Waals surface area contributed by atoms with Gasteiger partial charge in [0.25, 0.3) is 0 Å². The van der Waals surface area contributed by atoms with E-state index in [1.54, 1.807) is 19.2 Å². The van der Waals surface area contributed by atoms with Gasteiger partial charge in [0.05, 0.1) is 5.69 Å². The molecule has 1 unspecified atom stereocenters. The highest BCUT2D eigenvalue weighted by Gasteiger charge is 2.37. The molecular formula is C12H16Br2N2O2S. The van der Waals surface area contributed by atoms with E-state index in [2.05, 4.69) is 31.9 Å². The quantitative estimate of drug-likeness (QED) is 0.773. The summed E-state index contributed by atoms with van der Waals surface area (Å²) in [5.74, 6) is 0.468. The molecule has 4 nitrogen and oxygen atoms in total. The Bertz CT molecular complexity index is 577.